The van der Waals surface area contributed by atoms with Crippen molar-refractivity contribution in [1.29, 1.82) is 0 Å². The SMILES string of the molecule is CC(=O)Nc1ccc(C(=O)[C@@H](C)OC(=O)c2ccc3c(=O)n4c(nc3c2)CCC4)cc1. The Hall–Kier alpha value is -3.81. The summed E-state index contributed by atoms with van der Waals surface area (Å²) in [4.78, 5) is 53.4. The second-order valence-corrected chi connectivity index (χ2v) is 7.49. The Morgan fingerprint density at radius 1 is 1.10 bits per heavy atom. The number of carbonyl (C=O) groups excluding carboxylic acids is 3. The average molecular weight is 419 g/mol. The van der Waals surface area contributed by atoms with Gasteiger partial charge in [0.15, 0.2) is 6.10 Å². The quantitative estimate of drug-likeness (QED) is 0.503. The molecule has 158 valence electrons. The lowest BCUT2D eigenvalue weighted by Gasteiger charge is -2.13. The minimum Gasteiger partial charge on any atom is -0.451 e. The average Bonchev–Trinajstić information content (AvgIpc) is 3.22. The van der Waals surface area contributed by atoms with Crippen LogP contribution in [0.25, 0.3) is 10.9 Å². The zero-order chi connectivity index (χ0) is 22.1. The van der Waals surface area contributed by atoms with Gasteiger partial charge in [-0.2, -0.15) is 0 Å². The third-order valence-corrected chi connectivity index (χ3v) is 5.20. The fourth-order valence-corrected chi connectivity index (χ4v) is 3.65. The normalized spacial score (nSPS) is 13.5. The second kappa shape index (κ2) is 8.14. The summed E-state index contributed by atoms with van der Waals surface area (Å²) in [7, 11) is 0. The number of ketones is 1. The molecule has 2 heterocycles. The number of hydrogen-bond donors (Lipinski definition) is 1. The van der Waals surface area contributed by atoms with E-state index in [1.807, 2.05) is 0 Å². The first-order valence-electron chi connectivity index (χ1n) is 10.00. The lowest BCUT2D eigenvalue weighted by Crippen LogP contribution is -2.25. The highest BCUT2D eigenvalue weighted by atomic mass is 16.5. The molecule has 0 bridgehead atoms. The van der Waals surface area contributed by atoms with Crippen LogP contribution in [0.3, 0.4) is 0 Å². The van der Waals surface area contributed by atoms with Gasteiger partial charge in [-0.25, -0.2) is 9.78 Å². The molecule has 0 unspecified atom stereocenters. The van der Waals surface area contributed by atoms with E-state index in [0.717, 1.165) is 12.8 Å². The van der Waals surface area contributed by atoms with Crippen molar-refractivity contribution in [1.82, 2.24) is 9.55 Å². The molecule has 0 fully saturated rings. The van der Waals surface area contributed by atoms with Crippen molar-refractivity contribution < 1.29 is 19.1 Å². The standard InChI is InChI=1S/C23H21N3O5/c1-13(21(28)15-5-8-17(9-6-15)24-14(2)27)31-23(30)16-7-10-18-19(12-16)25-20-4-3-11-26(20)22(18)29/h5-10,12-13H,3-4,11H2,1-2H3,(H,24,27)/t13-/m1/s1. The van der Waals surface area contributed by atoms with E-state index in [1.165, 1.54) is 26.0 Å². The summed E-state index contributed by atoms with van der Waals surface area (Å²) in [6.45, 7) is 3.56. The van der Waals surface area contributed by atoms with Crippen LogP contribution in [0.4, 0.5) is 5.69 Å². The Labute approximate surface area is 177 Å². The first-order chi connectivity index (χ1) is 14.8. The summed E-state index contributed by atoms with van der Waals surface area (Å²) in [5.41, 5.74) is 1.49. The minimum absolute atomic E-state index is 0.108. The maximum absolute atomic E-state index is 12.6. The number of ether oxygens (including phenoxy) is 1. The molecule has 4 rings (SSSR count). The number of nitrogens with zero attached hydrogens (tertiary/aromatic N) is 2. The second-order valence-electron chi connectivity index (χ2n) is 7.49. The van der Waals surface area contributed by atoms with E-state index in [4.69, 9.17) is 4.74 Å². The highest BCUT2D eigenvalue weighted by Crippen LogP contribution is 2.18. The molecule has 0 saturated heterocycles. The van der Waals surface area contributed by atoms with Gasteiger partial charge in [0.2, 0.25) is 11.7 Å². The van der Waals surface area contributed by atoms with Crippen molar-refractivity contribution in [2.24, 2.45) is 0 Å². The first kappa shape index (κ1) is 20.5. The van der Waals surface area contributed by atoms with Crippen LogP contribution in [-0.4, -0.2) is 33.3 Å². The fraction of sp³-hybridized carbons (Fsp3) is 0.261. The zero-order valence-corrected chi connectivity index (χ0v) is 17.2. The summed E-state index contributed by atoms with van der Waals surface area (Å²) in [5, 5.41) is 3.07. The lowest BCUT2D eigenvalue weighted by atomic mass is 10.1. The highest BCUT2D eigenvalue weighted by molar-refractivity contribution is 6.02. The molecule has 0 radical (unpaired) electrons. The van der Waals surface area contributed by atoms with Crippen LogP contribution in [0, 0.1) is 0 Å². The molecular formula is C23H21N3O5. The van der Waals surface area contributed by atoms with Gasteiger partial charge in [-0.05, 0) is 55.8 Å². The molecule has 1 aromatic heterocycles. The van der Waals surface area contributed by atoms with Gasteiger partial charge < -0.3 is 10.1 Å². The number of rotatable bonds is 5. The number of Topliss-reactive ketones (excluding diaryl/α,β-unsaturated/α-hetero) is 1. The van der Waals surface area contributed by atoms with E-state index in [9.17, 15) is 19.2 Å². The Kier molecular flexibility index (Phi) is 5.37. The Morgan fingerprint density at radius 2 is 1.81 bits per heavy atom. The summed E-state index contributed by atoms with van der Waals surface area (Å²) in [6, 6.07) is 10.9. The predicted molar refractivity (Wildman–Crippen MR) is 114 cm³/mol. The molecule has 2 aromatic carbocycles. The Morgan fingerprint density at radius 3 is 2.52 bits per heavy atom. The zero-order valence-electron chi connectivity index (χ0n) is 17.2. The largest absolute Gasteiger partial charge is 0.451 e. The number of anilines is 1. The molecule has 0 saturated carbocycles. The van der Waals surface area contributed by atoms with Gasteiger partial charge >= 0.3 is 5.97 Å². The number of hydrogen-bond acceptors (Lipinski definition) is 6. The van der Waals surface area contributed by atoms with Crippen LogP contribution >= 0.6 is 0 Å². The molecular weight excluding hydrogens is 398 g/mol. The van der Waals surface area contributed by atoms with Crippen LogP contribution in [0.15, 0.2) is 47.3 Å². The van der Waals surface area contributed by atoms with Crippen molar-refractivity contribution in [3.8, 4) is 0 Å². The van der Waals surface area contributed by atoms with Crippen LogP contribution in [-0.2, 0) is 22.5 Å². The maximum Gasteiger partial charge on any atom is 0.338 e. The molecule has 8 heteroatoms. The Balaban J connectivity index is 1.50. The number of fused-ring (bicyclic) bond motifs is 2. The van der Waals surface area contributed by atoms with Crippen molar-refractivity contribution in [2.75, 3.05) is 5.32 Å². The van der Waals surface area contributed by atoms with Crippen LogP contribution in [0.5, 0.6) is 0 Å². The van der Waals surface area contributed by atoms with Crippen molar-refractivity contribution >= 4 is 34.3 Å². The summed E-state index contributed by atoms with van der Waals surface area (Å²) in [6.07, 6.45) is 0.596. The fourth-order valence-electron chi connectivity index (χ4n) is 3.65. The summed E-state index contributed by atoms with van der Waals surface area (Å²) < 4.78 is 7.01. The van der Waals surface area contributed by atoms with E-state index in [0.29, 0.717) is 34.5 Å². The molecule has 1 N–H and O–H groups in total. The first-order valence-corrected chi connectivity index (χ1v) is 10.00. The third kappa shape index (κ3) is 4.09. The molecule has 8 nitrogen and oxygen atoms in total. The van der Waals surface area contributed by atoms with Crippen molar-refractivity contribution in [2.45, 2.75) is 39.3 Å². The van der Waals surface area contributed by atoms with E-state index < -0.39 is 12.1 Å². The smallest absolute Gasteiger partial charge is 0.338 e. The van der Waals surface area contributed by atoms with Gasteiger partial charge in [0.05, 0.1) is 16.5 Å². The molecule has 1 aliphatic rings. The number of benzene rings is 2. The van der Waals surface area contributed by atoms with Crippen LogP contribution in [0.1, 0.15) is 46.8 Å². The van der Waals surface area contributed by atoms with Gasteiger partial charge in [0.1, 0.15) is 5.82 Å². The highest BCUT2D eigenvalue weighted by Gasteiger charge is 2.22. The van der Waals surface area contributed by atoms with Crippen molar-refractivity contribution in [3.63, 3.8) is 0 Å². The number of esters is 1. The topological polar surface area (TPSA) is 107 Å². The number of aromatic nitrogens is 2. The van der Waals surface area contributed by atoms with E-state index >= 15 is 0 Å². The predicted octanol–water partition coefficient (Wildman–Crippen LogP) is 2.73. The van der Waals surface area contributed by atoms with E-state index in [1.54, 1.807) is 34.9 Å². The molecule has 31 heavy (non-hydrogen) atoms. The lowest BCUT2D eigenvalue weighted by molar-refractivity contribution is -0.114. The van der Waals surface area contributed by atoms with E-state index in [-0.39, 0.29) is 22.8 Å². The van der Waals surface area contributed by atoms with E-state index in [2.05, 4.69) is 10.3 Å². The number of aryl methyl sites for hydroxylation is 1. The molecule has 1 atom stereocenters. The summed E-state index contributed by atoms with van der Waals surface area (Å²) in [5.74, 6) is -0.522. The number of amides is 1. The number of nitrogens with one attached hydrogen (secondary N) is 1. The van der Waals surface area contributed by atoms with Crippen LogP contribution in [0.2, 0.25) is 0 Å². The van der Waals surface area contributed by atoms with Gasteiger partial charge in [0.25, 0.3) is 5.56 Å². The molecule has 0 aliphatic carbocycles. The van der Waals surface area contributed by atoms with Crippen molar-refractivity contribution in [3.05, 3.63) is 69.8 Å². The Bertz CT molecular complexity index is 1260. The minimum atomic E-state index is -1.01. The third-order valence-electron chi connectivity index (χ3n) is 5.20. The monoisotopic (exact) mass is 419 g/mol. The van der Waals surface area contributed by atoms with Gasteiger partial charge in [-0.1, -0.05) is 0 Å². The number of carbonyl (C=O) groups is 3. The molecule has 1 aliphatic heterocycles. The van der Waals surface area contributed by atoms with Crippen LogP contribution < -0.4 is 10.9 Å². The van der Waals surface area contributed by atoms with Gasteiger partial charge in [0, 0.05) is 31.1 Å². The maximum atomic E-state index is 12.6. The molecule has 3 aromatic rings. The van der Waals surface area contributed by atoms with Gasteiger partial charge in [-0.3, -0.25) is 19.0 Å². The summed E-state index contributed by atoms with van der Waals surface area (Å²) >= 11 is 0. The van der Waals surface area contributed by atoms with Gasteiger partial charge in [-0.15, -0.1) is 0 Å². The molecule has 0 spiro atoms. The molecule has 1 amide bonds.